The molecular formula is C16H16FN3. The van der Waals surface area contributed by atoms with E-state index in [1.54, 1.807) is 6.07 Å². The number of rotatable bonds is 2. The number of benzene rings is 2. The van der Waals surface area contributed by atoms with Crippen molar-refractivity contribution in [2.45, 2.75) is 19.8 Å². The molecule has 0 atom stereocenters. The van der Waals surface area contributed by atoms with Gasteiger partial charge in [-0.3, -0.25) is 4.57 Å². The Morgan fingerprint density at radius 2 is 1.90 bits per heavy atom. The van der Waals surface area contributed by atoms with Gasteiger partial charge in [0.15, 0.2) is 0 Å². The first-order valence-electron chi connectivity index (χ1n) is 6.60. The fourth-order valence-corrected chi connectivity index (χ4v) is 2.50. The van der Waals surface area contributed by atoms with Crippen LogP contribution in [0.25, 0.3) is 16.7 Å². The van der Waals surface area contributed by atoms with Gasteiger partial charge >= 0.3 is 0 Å². The first-order valence-corrected chi connectivity index (χ1v) is 6.60. The third-order valence-corrected chi connectivity index (χ3v) is 3.44. The lowest BCUT2D eigenvalue weighted by Crippen LogP contribution is -2.05. The van der Waals surface area contributed by atoms with Crippen LogP contribution in [0.2, 0.25) is 0 Å². The van der Waals surface area contributed by atoms with E-state index in [2.05, 4.69) is 24.9 Å². The molecule has 0 aliphatic carbocycles. The molecule has 0 aliphatic rings. The lowest BCUT2D eigenvalue weighted by molar-refractivity contribution is 0.629. The fraction of sp³-hybridized carbons (Fsp3) is 0.188. The standard InChI is InChI=1S/C16H16FN3/c1-10(2)12-5-3-4-6-14(12)20-15-9-11(17)7-8-13(15)19-16(20)18/h3-10H,1-2H3,(H2,18,19). The number of nitrogens with zero attached hydrogens (tertiary/aromatic N) is 2. The molecule has 0 fully saturated rings. The number of hydrogen-bond donors (Lipinski definition) is 1. The number of aromatic nitrogens is 2. The van der Waals surface area contributed by atoms with E-state index in [4.69, 9.17) is 5.73 Å². The van der Waals surface area contributed by atoms with E-state index in [9.17, 15) is 4.39 Å². The highest BCUT2D eigenvalue weighted by molar-refractivity contribution is 5.81. The van der Waals surface area contributed by atoms with Crippen LogP contribution in [-0.2, 0) is 0 Å². The van der Waals surface area contributed by atoms with E-state index in [1.165, 1.54) is 12.1 Å². The Labute approximate surface area is 116 Å². The number of halogens is 1. The molecule has 1 heterocycles. The number of hydrogen-bond acceptors (Lipinski definition) is 2. The van der Waals surface area contributed by atoms with Crippen molar-refractivity contribution in [3.8, 4) is 5.69 Å². The molecule has 3 aromatic rings. The molecule has 3 rings (SSSR count). The summed E-state index contributed by atoms with van der Waals surface area (Å²) in [5, 5.41) is 0. The van der Waals surface area contributed by atoms with Crippen LogP contribution in [0.5, 0.6) is 0 Å². The molecular weight excluding hydrogens is 253 g/mol. The van der Waals surface area contributed by atoms with Crippen molar-refractivity contribution in [3.05, 3.63) is 53.8 Å². The van der Waals surface area contributed by atoms with E-state index >= 15 is 0 Å². The summed E-state index contributed by atoms with van der Waals surface area (Å²) in [5.41, 5.74) is 9.53. The van der Waals surface area contributed by atoms with E-state index in [0.29, 0.717) is 22.9 Å². The number of fused-ring (bicyclic) bond motifs is 1. The zero-order valence-electron chi connectivity index (χ0n) is 11.5. The van der Waals surface area contributed by atoms with Crippen molar-refractivity contribution in [3.63, 3.8) is 0 Å². The summed E-state index contributed by atoms with van der Waals surface area (Å²) in [6, 6.07) is 12.5. The Morgan fingerprint density at radius 3 is 2.65 bits per heavy atom. The van der Waals surface area contributed by atoms with Crippen molar-refractivity contribution in [2.75, 3.05) is 5.73 Å². The molecule has 20 heavy (non-hydrogen) atoms. The van der Waals surface area contributed by atoms with Crippen LogP contribution in [0.1, 0.15) is 25.3 Å². The lowest BCUT2D eigenvalue weighted by Gasteiger charge is -2.15. The summed E-state index contributed by atoms with van der Waals surface area (Å²) < 4.78 is 15.3. The zero-order valence-corrected chi connectivity index (χ0v) is 11.5. The summed E-state index contributed by atoms with van der Waals surface area (Å²) in [6.07, 6.45) is 0. The van der Waals surface area contributed by atoms with Crippen molar-refractivity contribution in [1.82, 2.24) is 9.55 Å². The Balaban J connectivity index is 2.35. The van der Waals surface area contributed by atoms with Crippen LogP contribution >= 0.6 is 0 Å². The number of nitrogens with two attached hydrogens (primary N) is 1. The van der Waals surface area contributed by atoms with Gasteiger partial charge in [-0.25, -0.2) is 9.37 Å². The van der Waals surface area contributed by atoms with Gasteiger partial charge in [-0.05, 0) is 29.7 Å². The molecule has 0 radical (unpaired) electrons. The highest BCUT2D eigenvalue weighted by Crippen LogP contribution is 2.29. The van der Waals surface area contributed by atoms with Gasteiger partial charge in [-0.15, -0.1) is 0 Å². The number of imidazole rings is 1. The predicted molar refractivity (Wildman–Crippen MR) is 79.5 cm³/mol. The lowest BCUT2D eigenvalue weighted by atomic mass is 10.0. The fourth-order valence-electron chi connectivity index (χ4n) is 2.50. The van der Waals surface area contributed by atoms with E-state index in [-0.39, 0.29) is 5.82 Å². The summed E-state index contributed by atoms with van der Waals surface area (Å²) in [6.45, 7) is 4.24. The van der Waals surface area contributed by atoms with E-state index in [1.807, 2.05) is 22.8 Å². The molecule has 1 aromatic heterocycles. The number of nitrogen functional groups attached to an aromatic ring is 1. The molecule has 2 aromatic carbocycles. The topological polar surface area (TPSA) is 43.8 Å². The van der Waals surface area contributed by atoms with Gasteiger partial charge in [0, 0.05) is 6.07 Å². The van der Waals surface area contributed by atoms with Gasteiger partial charge < -0.3 is 5.73 Å². The molecule has 0 unspecified atom stereocenters. The highest BCUT2D eigenvalue weighted by Gasteiger charge is 2.14. The average molecular weight is 269 g/mol. The SMILES string of the molecule is CC(C)c1ccccc1-n1c(N)nc2ccc(F)cc21. The first kappa shape index (κ1) is 12.7. The van der Waals surface area contributed by atoms with Crippen LogP contribution in [0.15, 0.2) is 42.5 Å². The first-order chi connectivity index (χ1) is 9.58. The van der Waals surface area contributed by atoms with Crippen molar-refractivity contribution < 1.29 is 4.39 Å². The molecule has 2 N–H and O–H groups in total. The third-order valence-electron chi connectivity index (χ3n) is 3.44. The maximum absolute atomic E-state index is 13.5. The van der Waals surface area contributed by atoms with Crippen LogP contribution in [0.4, 0.5) is 10.3 Å². The molecule has 0 aliphatic heterocycles. The van der Waals surface area contributed by atoms with Crippen molar-refractivity contribution in [1.29, 1.82) is 0 Å². The maximum Gasteiger partial charge on any atom is 0.205 e. The molecule has 0 saturated heterocycles. The van der Waals surface area contributed by atoms with Gasteiger partial charge in [0.2, 0.25) is 5.95 Å². The minimum atomic E-state index is -0.291. The Hall–Kier alpha value is -2.36. The second-order valence-corrected chi connectivity index (χ2v) is 5.15. The second kappa shape index (κ2) is 4.63. The second-order valence-electron chi connectivity index (χ2n) is 5.15. The van der Waals surface area contributed by atoms with Crippen LogP contribution in [0.3, 0.4) is 0 Å². The summed E-state index contributed by atoms with van der Waals surface area (Å²) in [4.78, 5) is 4.31. The van der Waals surface area contributed by atoms with Crippen molar-refractivity contribution >= 4 is 17.0 Å². The number of para-hydroxylation sites is 1. The van der Waals surface area contributed by atoms with Gasteiger partial charge in [-0.2, -0.15) is 0 Å². The average Bonchev–Trinajstić information content (AvgIpc) is 2.74. The summed E-state index contributed by atoms with van der Waals surface area (Å²) in [7, 11) is 0. The van der Waals surface area contributed by atoms with Gasteiger partial charge in [0.1, 0.15) is 5.82 Å². The Bertz CT molecular complexity index is 774. The third kappa shape index (κ3) is 1.93. The monoisotopic (exact) mass is 269 g/mol. The van der Waals surface area contributed by atoms with Crippen LogP contribution in [0, 0.1) is 5.82 Å². The number of anilines is 1. The van der Waals surface area contributed by atoms with Gasteiger partial charge in [0.25, 0.3) is 0 Å². The molecule has 4 heteroatoms. The maximum atomic E-state index is 13.5. The minimum absolute atomic E-state index is 0.291. The van der Waals surface area contributed by atoms with Crippen LogP contribution in [-0.4, -0.2) is 9.55 Å². The largest absolute Gasteiger partial charge is 0.369 e. The smallest absolute Gasteiger partial charge is 0.205 e. The van der Waals surface area contributed by atoms with E-state index < -0.39 is 0 Å². The molecule has 0 bridgehead atoms. The Morgan fingerprint density at radius 1 is 1.15 bits per heavy atom. The predicted octanol–water partition coefficient (Wildman–Crippen LogP) is 3.87. The highest BCUT2D eigenvalue weighted by atomic mass is 19.1. The van der Waals surface area contributed by atoms with Gasteiger partial charge in [0.05, 0.1) is 16.7 Å². The summed E-state index contributed by atoms with van der Waals surface area (Å²) in [5.74, 6) is 0.427. The zero-order chi connectivity index (χ0) is 14.3. The Kier molecular flexibility index (Phi) is 2.93. The van der Waals surface area contributed by atoms with E-state index in [0.717, 1.165) is 11.3 Å². The molecule has 3 nitrogen and oxygen atoms in total. The molecule has 0 spiro atoms. The molecule has 102 valence electrons. The van der Waals surface area contributed by atoms with Gasteiger partial charge in [-0.1, -0.05) is 32.0 Å². The normalized spacial score (nSPS) is 11.4. The quantitative estimate of drug-likeness (QED) is 0.767. The molecule has 0 amide bonds. The summed E-state index contributed by atoms with van der Waals surface area (Å²) >= 11 is 0. The van der Waals surface area contributed by atoms with Crippen molar-refractivity contribution in [2.24, 2.45) is 0 Å². The van der Waals surface area contributed by atoms with Crippen LogP contribution < -0.4 is 5.73 Å². The molecule has 0 saturated carbocycles. The minimum Gasteiger partial charge on any atom is -0.369 e.